The summed E-state index contributed by atoms with van der Waals surface area (Å²) in [5, 5.41) is 10.1. The average Bonchev–Trinajstić information content (AvgIpc) is 3.06. The van der Waals surface area contributed by atoms with Crippen molar-refractivity contribution < 1.29 is 0 Å². The van der Waals surface area contributed by atoms with Crippen molar-refractivity contribution in [3.63, 3.8) is 0 Å². The summed E-state index contributed by atoms with van der Waals surface area (Å²) >= 11 is 0. The Morgan fingerprint density at radius 1 is 0.905 bits per heavy atom. The Morgan fingerprint density at radius 2 is 1.67 bits per heavy atom. The molecule has 106 valence electrons. The minimum atomic E-state index is 0.863. The van der Waals surface area contributed by atoms with Gasteiger partial charge in [-0.2, -0.15) is 5.10 Å². The predicted molar refractivity (Wildman–Crippen MR) is 83.7 cm³/mol. The van der Waals surface area contributed by atoms with Crippen LogP contribution in [0.3, 0.4) is 0 Å². The topological polar surface area (TPSA) is 53.6 Å². The van der Waals surface area contributed by atoms with Crippen molar-refractivity contribution in [1.82, 2.24) is 20.5 Å². The quantitative estimate of drug-likeness (QED) is 0.682. The molecule has 1 heterocycles. The van der Waals surface area contributed by atoms with Crippen molar-refractivity contribution in [2.75, 3.05) is 6.54 Å². The number of hydrogen-bond acceptors (Lipinski definition) is 3. The number of aromatic nitrogens is 3. The van der Waals surface area contributed by atoms with E-state index in [1.165, 1.54) is 23.0 Å². The molecule has 21 heavy (non-hydrogen) atoms. The first-order valence-corrected chi connectivity index (χ1v) is 7.11. The van der Waals surface area contributed by atoms with E-state index in [0.29, 0.717) is 0 Å². The highest BCUT2D eigenvalue weighted by molar-refractivity contribution is 5.63. The summed E-state index contributed by atoms with van der Waals surface area (Å²) in [6, 6.07) is 19.1. The molecule has 0 amide bonds. The normalized spacial score (nSPS) is 10.7. The Bertz CT molecular complexity index is 645. The van der Waals surface area contributed by atoms with E-state index in [4.69, 9.17) is 0 Å². The van der Waals surface area contributed by atoms with Gasteiger partial charge in [-0.25, -0.2) is 4.98 Å². The van der Waals surface area contributed by atoms with E-state index < -0.39 is 0 Å². The molecule has 0 aliphatic rings. The largest absolute Gasteiger partial charge is 0.312 e. The fraction of sp³-hybridized carbons (Fsp3) is 0.176. The van der Waals surface area contributed by atoms with E-state index in [0.717, 1.165) is 25.3 Å². The van der Waals surface area contributed by atoms with Crippen LogP contribution in [0.25, 0.3) is 11.1 Å². The first-order valence-electron chi connectivity index (χ1n) is 7.11. The number of hydrogen-bond donors (Lipinski definition) is 2. The molecule has 0 fully saturated rings. The van der Waals surface area contributed by atoms with Gasteiger partial charge in [0.05, 0.1) is 0 Å². The standard InChI is InChI=1S/C17H18N4/c1-2-4-15(5-3-1)16-8-6-14(7-9-16)12-18-11-10-17-19-13-20-21-17/h1-9,13,18H,10-12H2,(H,19,20,21). The van der Waals surface area contributed by atoms with Crippen LogP contribution in [0.2, 0.25) is 0 Å². The van der Waals surface area contributed by atoms with Crippen molar-refractivity contribution in [3.05, 3.63) is 72.3 Å². The van der Waals surface area contributed by atoms with Gasteiger partial charge in [-0.15, -0.1) is 0 Å². The second kappa shape index (κ2) is 6.81. The monoisotopic (exact) mass is 278 g/mol. The van der Waals surface area contributed by atoms with E-state index in [9.17, 15) is 0 Å². The zero-order valence-electron chi connectivity index (χ0n) is 11.8. The smallest absolute Gasteiger partial charge is 0.137 e. The van der Waals surface area contributed by atoms with E-state index >= 15 is 0 Å². The lowest BCUT2D eigenvalue weighted by molar-refractivity contribution is 0.672. The lowest BCUT2D eigenvalue weighted by atomic mass is 10.0. The highest BCUT2D eigenvalue weighted by Crippen LogP contribution is 2.19. The van der Waals surface area contributed by atoms with Crippen molar-refractivity contribution in [1.29, 1.82) is 0 Å². The van der Waals surface area contributed by atoms with Crippen molar-refractivity contribution in [2.24, 2.45) is 0 Å². The lowest BCUT2D eigenvalue weighted by Crippen LogP contribution is -2.17. The Morgan fingerprint density at radius 3 is 2.38 bits per heavy atom. The number of benzene rings is 2. The average molecular weight is 278 g/mol. The van der Waals surface area contributed by atoms with Crippen molar-refractivity contribution in [2.45, 2.75) is 13.0 Å². The highest BCUT2D eigenvalue weighted by atomic mass is 15.2. The molecule has 0 atom stereocenters. The molecule has 2 aromatic carbocycles. The Hall–Kier alpha value is -2.46. The molecular formula is C17H18N4. The predicted octanol–water partition coefficient (Wildman–Crippen LogP) is 2.80. The van der Waals surface area contributed by atoms with E-state index in [1.807, 2.05) is 6.07 Å². The molecule has 3 aromatic rings. The van der Waals surface area contributed by atoms with Gasteiger partial charge in [0.15, 0.2) is 0 Å². The van der Waals surface area contributed by atoms with Gasteiger partial charge >= 0.3 is 0 Å². The minimum Gasteiger partial charge on any atom is -0.312 e. The zero-order chi connectivity index (χ0) is 14.3. The minimum absolute atomic E-state index is 0.863. The number of rotatable bonds is 6. The summed E-state index contributed by atoms with van der Waals surface area (Å²) in [5.41, 5.74) is 3.79. The maximum absolute atomic E-state index is 4.10. The van der Waals surface area contributed by atoms with Crippen LogP contribution < -0.4 is 5.32 Å². The third-order valence-electron chi connectivity index (χ3n) is 3.39. The van der Waals surface area contributed by atoms with Gasteiger partial charge in [0.25, 0.3) is 0 Å². The number of aromatic amines is 1. The maximum atomic E-state index is 4.10. The van der Waals surface area contributed by atoms with Gasteiger partial charge in [-0.1, -0.05) is 54.6 Å². The molecule has 2 N–H and O–H groups in total. The molecule has 0 saturated heterocycles. The molecule has 3 rings (SSSR count). The van der Waals surface area contributed by atoms with Gasteiger partial charge in [-0.3, -0.25) is 5.10 Å². The molecule has 0 saturated carbocycles. The van der Waals surface area contributed by atoms with Crippen LogP contribution in [0.1, 0.15) is 11.4 Å². The summed E-state index contributed by atoms with van der Waals surface area (Å²) < 4.78 is 0. The summed E-state index contributed by atoms with van der Waals surface area (Å²) in [6.07, 6.45) is 2.40. The molecule has 4 nitrogen and oxygen atoms in total. The van der Waals surface area contributed by atoms with Crippen LogP contribution in [0.5, 0.6) is 0 Å². The summed E-state index contributed by atoms with van der Waals surface area (Å²) in [6.45, 7) is 1.75. The van der Waals surface area contributed by atoms with E-state index in [1.54, 1.807) is 0 Å². The summed E-state index contributed by atoms with van der Waals surface area (Å²) in [4.78, 5) is 4.10. The van der Waals surface area contributed by atoms with Crippen LogP contribution in [0.15, 0.2) is 60.9 Å². The van der Waals surface area contributed by atoms with E-state index in [2.05, 4.69) is 69.0 Å². The molecular weight excluding hydrogens is 260 g/mol. The Labute approximate surface area is 124 Å². The maximum Gasteiger partial charge on any atom is 0.137 e. The zero-order valence-corrected chi connectivity index (χ0v) is 11.8. The molecule has 0 aliphatic heterocycles. The van der Waals surface area contributed by atoms with Crippen molar-refractivity contribution in [3.8, 4) is 11.1 Å². The molecule has 0 unspecified atom stereocenters. The van der Waals surface area contributed by atoms with Crippen LogP contribution >= 0.6 is 0 Å². The van der Waals surface area contributed by atoms with Gasteiger partial charge < -0.3 is 5.32 Å². The fourth-order valence-electron chi connectivity index (χ4n) is 2.24. The molecule has 0 aliphatic carbocycles. The lowest BCUT2D eigenvalue weighted by Gasteiger charge is -2.06. The molecule has 1 aromatic heterocycles. The molecule has 4 heteroatoms. The number of nitrogens with one attached hydrogen (secondary N) is 2. The number of H-pyrrole nitrogens is 1. The van der Waals surface area contributed by atoms with E-state index in [-0.39, 0.29) is 0 Å². The SMILES string of the molecule is c1ccc(-c2ccc(CNCCc3ncn[nH]3)cc2)cc1. The molecule has 0 bridgehead atoms. The van der Waals surface area contributed by atoms with Crippen LogP contribution in [0, 0.1) is 0 Å². The van der Waals surface area contributed by atoms with Crippen LogP contribution in [-0.4, -0.2) is 21.7 Å². The Balaban J connectivity index is 1.50. The molecule has 0 radical (unpaired) electrons. The second-order valence-electron chi connectivity index (χ2n) is 4.92. The fourth-order valence-corrected chi connectivity index (χ4v) is 2.24. The van der Waals surface area contributed by atoms with Gasteiger partial charge in [0.1, 0.15) is 12.2 Å². The second-order valence-corrected chi connectivity index (χ2v) is 4.92. The first kappa shape index (κ1) is 13.5. The summed E-state index contributed by atoms with van der Waals surface area (Å²) in [7, 11) is 0. The summed E-state index contributed by atoms with van der Waals surface area (Å²) in [5.74, 6) is 0.918. The van der Waals surface area contributed by atoms with Crippen molar-refractivity contribution >= 4 is 0 Å². The van der Waals surface area contributed by atoms with Gasteiger partial charge in [-0.05, 0) is 16.7 Å². The highest BCUT2D eigenvalue weighted by Gasteiger charge is 1.98. The molecule has 0 spiro atoms. The third-order valence-corrected chi connectivity index (χ3v) is 3.39. The third kappa shape index (κ3) is 3.77. The van der Waals surface area contributed by atoms with Gasteiger partial charge in [0.2, 0.25) is 0 Å². The van der Waals surface area contributed by atoms with Gasteiger partial charge in [0, 0.05) is 19.5 Å². The van der Waals surface area contributed by atoms with Crippen LogP contribution in [-0.2, 0) is 13.0 Å². The number of nitrogens with zero attached hydrogens (tertiary/aromatic N) is 2. The van der Waals surface area contributed by atoms with Crippen LogP contribution in [0.4, 0.5) is 0 Å². The first-order chi connectivity index (χ1) is 10.4. The Kier molecular flexibility index (Phi) is 4.39.